The highest BCUT2D eigenvalue weighted by molar-refractivity contribution is 5.91. The van der Waals surface area contributed by atoms with Crippen molar-refractivity contribution < 1.29 is 9.53 Å². The Bertz CT molecular complexity index is 672. The molecule has 1 unspecified atom stereocenters. The molecule has 1 N–H and O–H groups in total. The van der Waals surface area contributed by atoms with Gasteiger partial charge in [-0.15, -0.1) is 0 Å². The first-order valence-electron chi connectivity index (χ1n) is 8.54. The number of amides is 1. The van der Waals surface area contributed by atoms with Gasteiger partial charge in [0, 0.05) is 39.1 Å². The third kappa shape index (κ3) is 4.96. The Kier molecular flexibility index (Phi) is 5.90. The predicted molar refractivity (Wildman–Crippen MR) is 94.4 cm³/mol. The van der Waals surface area contributed by atoms with Crippen LogP contribution in [0.1, 0.15) is 28.9 Å². The second kappa shape index (κ2) is 8.53. The lowest BCUT2D eigenvalue weighted by Gasteiger charge is -2.16. The number of aromatic nitrogens is 3. The van der Waals surface area contributed by atoms with Gasteiger partial charge in [-0.05, 0) is 37.0 Å². The topological polar surface area (TPSA) is 80.2 Å². The van der Waals surface area contributed by atoms with Gasteiger partial charge in [-0.25, -0.2) is 9.97 Å². The SMILES string of the molecule is CN(CCc1ccncc1)C(=O)c1cnc(NCC2CCCO2)cn1. The van der Waals surface area contributed by atoms with Crippen molar-refractivity contribution in [2.75, 3.05) is 32.1 Å². The minimum absolute atomic E-state index is 0.132. The Balaban J connectivity index is 1.49. The van der Waals surface area contributed by atoms with Crippen LogP contribution in [-0.2, 0) is 11.2 Å². The summed E-state index contributed by atoms with van der Waals surface area (Å²) < 4.78 is 5.56. The van der Waals surface area contributed by atoms with Crippen LogP contribution < -0.4 is 5.32 Å². The number of nitrogens with one attached hydrogen (secondary N) is 1. The minimum Gasteiger partial charge on any atom is -0.376 e. The van der Waals surface area contributed by atoms with E-state index in [4.69, 9.17) is 4.74 Å². The van der Waals surface area contributed by atoms with Crippen molar-refractivity contribution in [1.82, 2.24) is 19.9 Å². The van der Waals surface area contributed by atoms with Crippen molar-refractivity contribution >= 4 is 11.7 Å². The molecule has 0 spiro atoms. The molecule has 0 saturated carbocycles. The average Bonchev–Trinajstić information content (AvgIpc) is 3.19. The van der Waals surface area contributed by atoms with E-state index in [9.17, 15) is 4.79 Å². The van der Waals surface area contributed by atoms with Crippen molar-refractivity contribution in [3.8, 4) is 0 Å². The summed E-state index contributed by atoms with van der Waals surface area (Å²) >= 11 is 0. The van der Waals surface area contributed by atoms with Gasteiger partial charge in [0.2, 0.25) is 0 Å². The number of carbonyl (C=O) groups excluding carboxylic acids is 1. The largest absolute Gasteiger partial charge is 0.376 e. The summed E-state index contributed by atoms with van der Waals surface area (Å²) in [4.78, 5) is 26.6. The second-order valence-electron chi connectivity index (χ2n) is 6.13. The van der Waals surface area contributed by atoms with Crippen molar-refractivity contribution in [2.45, 2.75) is 25.4 Å². The minimum atomic E-state index is -0.132. The molecule has 0 aromatic carbocycles. The van der Waals surface area contributed by atoms with Gasteiger partial charge in [0.25, 0.3) is 5.91 Å². The smallest absolute Gasteiger partial charge is 0.273 e. The first-order valence-corrected chi connectivity index (χ1v) is 8.54. The van der Waals surface area contributed by atoms with Crippen molar-refractivity contribution in [3.63, 3.8) is 0 Å². The zero-order valence-electron chi connectivity index (χ0n) is 14.4. The Labute approximate surface area is 147 Å². The second-order valence-corrected chi connectivity index (χ2v) is 6.13. The monoisotopic (exact) mass is 341 g/mol. The molecule has 1 fully saturated rings. The molecule has 1 saturated heterocycles. The lowest BCUT2D eigenvalue weighted by Crippen LogP contribution is -2.29. The molecule has 1 aliphatic rings. The summed E-state index contributed by atoms with van der Waals surface area (Å²) in [6, 6.07) is 3.90. The van der Waals surface area contributed by atoms with Crippen LogP contribution in [0.2, 0.25) is 0 Å². The van der Waals surface area contributed by atoms with E-state index in [0.717, 1.165) is 31.4 Å². The van der Waals surface area contributed by atoms with Crippen LogP contribution in [0.4, 0.5) is 5.82 Å². The average molecular weight is 341 g/mol. The van der Waals surface area contributed by atoms with Gasteiger partial charge in [0.05, 0.1) is 18.5 Å². The highest BCUT2D eigenvalue weighted by atomic mass is 16.5. The molecule has 7 nitrogen and oxygen atoms in total. The normalized spacial score (nSPS) is 16.6. The first kappa shape index (κ1) is 17.3. The zero-order chi connectivity index (χ0) is 17.5. The van der Waals surface area contributed by atoms with Crippen LogP contribution in [0.25, 0.3) is 0 Å². The van der Waals surface area contributed by atoms with E-state index in [2.05, 4.69) is 20.3 Å². The number of carbonyl (C=O) groups is 1. The van der Waals surface area contributed by atoms with Gasteiger partial charge in [0.1, 0.15) is 11.5 Å². The first-order chi connectivity index (χ1) is 12.2. The lowest BCUT2D eigenvalue weighted by molar-refractivity contribution is 0.0790. The number of ether oxygens (including phenoxy) is 1. The Morgan fingerprint density at radius 2 is 2.16 bits per heavy atom. The maximum atomic E-state index is 12.4. The van der Waals surface area contributed by atoms with Gasteiger partial charge in [-0.2, -0.15) is 0 Å². The van der Waals surface area contributed by atoms with E-state index >= 15 is 0 Å². The van der Waals surface area contributed by atoms with Gasteiger partial charge in [-0.3, -0.25) is 9.78 Å². The third-order valence-electron chi connectivity index (χ3n) is 4.24. The van der Waals surface area contributed by atoms with E-state index in [1.807, 2.05) is 12.1 Å². The summed E-state index contributed by atoms with van der Waals surface area (Å²) in [6.07, 6.45) is 9.82. The number of hydrogen-bond acceptors (Lipinski definition) is 6. The molecule has 2 aromatic heterocycles. The number of nitrogens with zero attached hydrogens (tertiary/aromatic N) is 4. The Morgan fingerprint density at radius 1 is 1.32 bits per heavy atom. The predicted octanol–water partition coefficient (Wildman–Crippen LogP) is 1.78. The van der Waals surface area contributed by atoms with Crippen molar-refractivity contribution in [1.29, 1.82) is 0 Å². The summed E-state index contributed by atoms with van der Waals surface area (Å²) in [5.41, 5.74) is 1.49. The highest BCUT2D eigenvalue weighted by Crippen LogP contribution is 2.12. The van der Waals surface area contributed by atoms with Gasteiger partial charge >= 0.3 is 0 Å². The fourth-order valence-electron chi connectivity index (χ4n) is 2.70. The molecule has 7 heteroatoms. The molecule has 0 radical (unpaired) electrons. The fourth-order valence-corrected chi connectivity index (χ4v) is 2.70. The molecule has 1 aliphatic heterocycles. The van der Waals surface area contributed by atoms with Gasteiger partial charge in [-0.1, -0.05) is 0 Å². The standard InChI is InChI=1S/C18H23N5O2/c1-23(9-6-14-4-7-19-8-5-14)18(24)16-12-22-17(13-20-16)21-11-15-3-2-10-25-15/h4-5,7-8,12-13,15H,2-3,6,9-11H2,1H3,(H,21,22). The van der Waals surface area contributed by atoms with Crippen LogP contribution in [0.5, 0.6) is 0 Å². The molecule has 1 amide bonds. The highest BCUT2D eigenvalue weighted by Gasteiger charge is 2.16. The Hall–Kier alpha value is -2.54. The number of anilines is 1. The van der Waals surface area contributed by atoms with E-state index in [0.29, 0.717) is 24.6 Å². The van der Waals surface area contributed by atoms with Crippen LogP contribution in [0, 0.1) is 0 Å². The summed E-state index contributed by atoms with van der Waals surface area (Å²) in [6.45, 7) is 2.16. The fraction of sp³-hybridized carbons (Fsp3) is 0.444. The number of likely N-dealkylation sites (N-methyl/N-ethyl adjacent to an activating group) is 1. The molecule has 0 bridgehead atoms. The van der Waals surface area contributed by atoms with E-state index in [-0.39, 0.29) is 12.0 Å². The molecule has 3 heterocycles. The maximum Gasteiger partial charge on any atom is 0.273 e. The van der Waals surface area contributed by atoms with Crippen molar-refractivity contribution in [3.05, 3.63) is 48.2 Å². The maximum absolute atomic E-state index is 12.4. The van der Waals surface area contributed by atoms with Crippen molar-refractivity contribution in [2.24, 2.45) is 0 Å². The van der Waals surface area contributed by atoms with Gasteiger partial charge in [0.15, 0.2) is 0 Å². The summed E-state index contributed by atoms with van der Waals surface area (Å²) in [5, 5.41) is 3.20. The van der Waals surface area contributed by atoms with Crippen LogP contribution >= 0.6 is 0 Å². The van der Waals surface area contributed by atoms with E-state index in [1.165, 1.54) is 6.20 Å². The van der Waals surface area contributed by atoms with Crippen LogP contribution in [0.3, 0.4) is 0 Å². The van der Waals surface area contributed by atoms with Crippen LogP contribution in [-0.4, -0.2) is 58.6 Å². The molecule has 2 aromatic rings. The van der Waals surface area contributed by atoms with E-state index < -0.39 is 0 Å². The quantitative estimate of drug-likeness (QED) is 0.827. The number of rotatable bonds is 7. The van der Waals surface area contributed by atoms with Crippen LogP contribution in [0.15, 0.2) is 36.9 Å². The molecular weight excluding hydrogens is 318 g/mol. The van der Waals surface area contributed by atoms with E-state index in [1.54, 1.807) is 30.5 Å². The molecule has 132 valence electrons. The Morgan fingerprint density at radius 3 is 2.84 bits per heavy atom. The molecule has 3 rings (SSSR count). The number of pyridine rings is 1. The summed E-state index contributed by atoms with van der Waals surface area (Å²) in [7, 11) is 1.77. The summed E-state index contributed by atoms with van der Waals surface area (Å²) in [5.74, 6) is 0.527. The molecule has 25 heavy (non-hydrogen) atoms. The molecule has 1 atom stereocenters. The number of hydrogen-bond donors (Lipinski definition) is 1. The van der Waals surface area contributed by atoms with Gasteiger partial charge < -0.3 is 15.0 Å². The molecular formula is C18H23N5O2. The lowest BCUT2D eigenvalue weighted by atomic mass is 10.2. The molecule has 0 aliphatic carbocycles. The zero-order valence-corrected chi connectivity index (χ0v) is 14.4. The third-order valence-corrected chi connectivity index (χ3v) is 4.24.